The fourth-order valence-corrected chi connectivity index (χ4v) is 3.01. The van der Waals surface area contributed by atoms with E-state index in [-0.39, 0.29) is 17.1 Å². The number of aromatic nitrogens is 1. The summed E-state index contributed by atoms with van der Waals surface area (Å²) in [7, 11) is 0. The lowest BCUT2D eigenvalue weighted by Crippen LogP contribution is -1.97. The van der Waals surface area contributed by atoms with Gasteiger partial charge in [-0.05, 0) is 36.4 Å². The Labute approximate surface area is 156 Å². The number of nitriles is 1. The second-order valence-electron chi connectivity index (χ2n) is 5.28. The molecule has 0 aliphatic carbocycles. The molecule has 134 valence electrons. The molecule has 0 saturated carbocycles. The van der Waals surface area contributed by atoms with Crippen molar-refractivity contribution >= 4 is 28.3 Å². The maximum Gasteiger partial charge on any atom is 0.295 e. The topological polar surface area (TPSA) is 91.8 Å². The van der Waals surface area contributed by atoms with Crippen molar-refractivity contribution < 1.29 is 13.7 Å². The third-order valence-corrected chi connectivity index (χ3v) is 4.40. The maximum absolute atomic E-state index is 13.2. The average Bonchev–Trinajstić information content (AvgIpc) is 3.13. The van der Waals surface area contributed by atoms with Crippen molar-refractivity contribution in [2.45, 2.75) is 0 Å². The average molecular weight is 384 g/mol. The molecule has 0 aliphatic rings. The SMILES string of the molecule is N#CC(=CNc1ccc(F)cc1[N+](=O)[O-])c1nc(-c2ccc(F)cc2)cs1. The van der Waals surface area contributed by atoms with Crippen LogP contribution in [0.15, 0.2) is 54.0 Å². The lowest BCUT2D eigenvalue weighted by atomic mass is 10.2. The highest BCUT2D eigenvalue weighted by Gasteiger charge is 2.15. The van der Waals surface area contributed by atoms with Crippen LogP contribution in [-0.4, -0.2) is 9.91 Å². The molecule has 1 aromatic heterocycles. The summed E-state index contributed by atoms with van der Waals surface area (Å²) < 4.78 is 26.2. The van der Waals surface area contributed by atoms with Gasteiger partial charge in [-0.25, -0.2) is 13.8 Å². The molecule has 2 aromatic carbocycles. The number of halogens is 2. The number of benzene rings is 2. The minimum Gasteiger partial charge on any atom is -0.355 e. The van der Waals surface area contributed by atoms with Gasteiger partial charge >= 0.3 is 0 Å². The molecule has 0 bridgehead atoms. The van der Waals surface area contributed by atoms with Gasteiger partial charge in [-0.15, -0.1) is 11.3 Å². The van der Waals surface area contributed by atoms with E-state index in [4.69, 9.17) is 0 Å². The van der Waals surface area contributed by atoms with Crippen LogP contribution < -0.4 is 5.32 Å². The minimum absolute atomic E-state index is 0.0458. The number of hydrogen-bond acceptors (Lipinski definition) is 6. The van der Waals surface area contributed by atoms with E-state index in [0.717, 1.165) is 12.1 Å². The minimum atomic E-state index is -0.736. The lowest BCUT2D eigenvalue weighted by Gasteiger charge is -2.03. The first-order chi connectivity index (χ1) is 13.0. The Kier molecular flexibility index (Phi) is 5.19. The molecule has 0 fully saturated rings. The summed E-state index contributed by atoms with van der Waals surface area (Å²) in [4.78, 5) is 14.6. The van der Waals surface area contributed by atoms with Gasteiger partial charge in [0.1, 0.15) is 34.0 Å². The highest BCUT2D eigenvalue weighted by molar-refractivity contribution is 7.11. The zero-order valence-corrected chi connectivity index (χ0v) is 14.3. The van der Waals surface area contributed by atoms with E-state index in [9.17, 15) is 24.2 Å². The molecule has 27 heavy (non-hydrogen) atoms. The van der Waals surface area contributed by atoms with Gasteiger partial charge in [0.05, 0.1) is 16.7 Å². The summed E-state index contributed by atoms with van der Waals surface area (Å²) in [5, 5.41) is 25.1. The largest absolute Gasteiger partial charge is 0.355 e. The Morgan fingerprint density at radius 1 is 1.22 bits per heavy atom. The zero-order chi connectivity index (χ0) is 19.4. The van der Waals surface area contributed by atoms with Crippen molar-refractivity contribution in [1.29, 1.82) is 5.26 Å². The van der Waals surface area contributed by atoms with Crippen molar-refractivity contribution in [2.75, 3.05) is 5.32 Å². The van der Waals surface area contributed by atoms with E-state index in [0.29, 0.717) is 16.3 Å². The standard InChI is InChI=1S/C18H10F2N4O2S/c19-13-3-1-11(2-4-13)16-10-27-18(23-16)12(8-21)9-22-15-6-5-14(20)7-17(15)24(25)26/h1-7,9-10,22H. The van der Waals surface area contributed by atoms with Crippen molar-refractivity contribution in [1.82, 2.24) is 4.98 Å². The van der Waals surface area contributed by atoms with Crippen LogP contribution in [0.3, 0.4) is 0 Å². The molecule has 0 atom stereocenters. The molecular weight excluding hydrogens is 374 g/mol. The van der Waals surface area contributed by atoms with E-state index in [2.05, 4.69) is 10.3 Å². The first kappa shape index (κ1) is 18.2. The van der Waals surface area contributed by atoms with Gasteiger partial charge in [-0.3, -0.25) is 10.1 Å². The van der Waals surface area contributed by atoms with Crippen LogP contribution in [0, 0.1) is 33.1 Å². The molecule has 0 aliphatic heterocycles. The first-order valence-electron chi connectivity index (χ1n) is 7.50. The number of anilines is 1. The summed E-state index contributed by atoms with van der Waals surface area (Å²) in [6, 6.07) is 10.8. The van der Waals surface area contributed by atoms with E-state index in [1.54, 1.807) is 17.5 Å². The zero-order valence-electron chi connectivity index (χ0n) is 13.5. The Hall–Kier alpha value is -3.64. The Bertz CT molecular complexity index is 1070. The maximum atomic E-state index is 13.2. The lowest BCUT2D eigenvalue weighted by molar-refractivity contribution is -0.384. The van der Waals surface area contributed by atoms with Gasteiger partial charge in [-0.2, -0.15) is 5.26 Å². The number of nitrogens with one attached hydrogen (secondary N) is 1. The summed E-state index contributed by atoms with van der Waals surface area (Å²) in [5.41, 5.74) is 1.01. The Morgan fingerprint density at radius 3 is 2.59 bits per heavy atom. The molecule has 3 rings (SSSR count). The van der Waals surface area contributed by atoms with Gasteiger partial charge in [0.2, 0.25) is 0 Å². The van der Waals surface area contributed by atoms with Crippen molar-refractivity contribution in [2.24, 2.45) is 0 Å². The Balaban J connectivity index is 1.87. The third-order valence-electron chi connectivity index (χ3n) is 3.52. The molecule has 1 heterocycles. The normalized spacial score (nSPS) is 11.1. The smallest absolute Gasteiger partial charge is 0.295 e. The summed E-state index contributed by atoms with van der Waals surface area (Å²) in [6.45, 7) is 0. The fraction of sp³-hybridized carbons (Fsp3) is 0. The summed E-state index contributed by atoms with van der Waals surface area (Å²) >= 11 is 1.20. The molecule has 9 heteroatoms. The molecular formula is C18H10F2N4O2S. The predicted molar refractivity (Wildman–Crippen MR) is 97.8 cm³/mol. The van der Waals surface area contributed by atoms with Crippen LogP contribution in [0.5, 0.6) is 0 Å². The summed E-state index contributed by atoms with van der Waals surface area (Å²) in [6.07, 6.45) is 1.27. The molecule has 1 N–H and O–H groups in total. The number of rotatable bonds is 5. The van der Waals surface area contributed by atoms with E-state index < -0.39 is 16.4 Å². The van der Waals surface area contributed by atoms with Crippen molar-refractivity contribution in [3.8, 4) is 17.3 Å². The van der Waals surface area contributed by atoms with Crippen molar-refractivity contribution in [3.63, 3.8) is 0 Å². The first-order valence-corrected chi connectivity index (χ1v) is 8.38. The molecule has 0 radical (unpaired) electrons. The van der Waals surface area contributed by atoms with Crippen LogP contribution in [0.25, 0.3) is 16.8 Å². The van der Waals surface area contributed by atoms with Gasteiger partial charge in [0.15, 0.2) is 0 Å². The molecule has 0 amide bonds. The van der Waals surface area contributed by atoms with Gasteiger partial charge in [0.25, 0.3) is 5.69 Å². The number of nitro groups is 1. The second-order valence-corrected chi connectivity index (χ2v) is 6.14. The van der Waals surface area contributed by atoms with E-state index in [1.165, 1.54) is 35.7 Å². The number of thiazole rings is 1. The predicted octanol–water partition coefficient (Wildman–Crippen LogP) is 4.97. The monoisotopic (exact) mass is 384 g/mol. The number of hydrogen-bond donors (Lipinski definition) is 1. The number of nitrogens with zero attached hydrogens (tertiary/aromatic N) is 3. The van der Waals surface area contributed by atoms with Crippen LogP contribution in [0.2, 0.25) is 0 Å². The second kappa shape index (κ2) is 7.72. The fourth-order valence-electron chi connectivity index (χ4n) is 2.22. The molecule has 0 saturated heterocycles. The quantitative estimate of drug-likeness (QED) is 0.381. The van der Waals surface area contributed by atoms with Gasteiger partial charge in [-0.1, -0.05) is 0 Å². The molecule has 3 aromatic rings. The Morgan fingerprint density at radius 2 is 1.93 bits per heavy atom. The molecule has 0 unspecified atom stereocenters. The van der Waals surface area contributed by atoms with Crippen LogP contribution in [0.1, 0.15) is 5.01 Å². The number of nitro benzene ring substituents is 1. The highest BCUT2D eigenvalue weighted by Crippen LogP contribution is 2.28. The van der Waals surface area contributed by atoms with Crippen molar-refractivity contribution in [3.05, 3.63) is 80.8 Å². The molecule has 6 nitrogen and oxygen atoms in total. The van der Waals surface area contributed by atoms with E-state index >= 15 is 0 Å². The van der Waals surface area contributed by atoms with Crippen LogP contribution >= 0.6 is 11.3 Å². The third kappa shape index (κ3) is 4.13. The summed E-state index contributed by atoms with van der Waals surface area (Å²) in [5.74, 6) is -1.10. The number of allylic oxidation sites excluding steroid dienone is 1. The molecule has 0 spiro atoms. The highest BCUT2D eigenvalue weighted by atomic mass is 32.1. The van der Waals surface area contributed by atoms with Crippen LogP contribution in [-0.2, 0) is 0 Å². The van der Waals surface area contributed by atoms with Gasteiger partial charge in [0, 0.05) is 17.1 Å². The van der Waals surface area contributed by atoms with Gasteiger partial charge < -0.3 is 5.32 Å². The van der Waals surface area contributed by atoms with Crippen LogP contribution in [0.4, 0.5) is 20.2 Å². The van der Waals surface area contributed by atoms with E-state index in [1.807, 2.05) is 6.07 Å².